The van der Waals surface area contributed by atoms with Crippen molar-refractivity contribution in [3.8, 4) is 0 Å². The molecule has 0 radical (unpaired) electrons. The molecule has 1 N–H and O–H groups in total. The molecule has 1 aliphatic carbocycles. The van der Waals surface area contributed by atoms with Crippen molar-refractivity contribution in [3.05, 3.63) is 35.9 Å². The van der Waals surface area contributed by atoms with Gasteiger partial charge in [0.2, 0.25) is 0 Å². The fraction of sp³-hybridized carbons (Fsp3) is 0.684. The molecule has 1 aromatic rings. The summed E-state index contributed by atoms with van der Waals surface area (Å²) in [6.45, 7) is 10.6. The SMILES string of the molecule is CC1CCC(CNC(c2ccccc2)C(C)(C)C)CC1. The molecule has 0 saturated heterocycles. The highest BCUT2D eigenvalue weighted by molar-refractivity contribution is 5.20. The van der Waals surface area contributed by atoms with Crippen LogP contribution in [0.4, 0.5) is 0 Å². The molecule has 0 bridgehead atoms. The molecule has 0 aromatic heterocycles. The first kappa shape index (κ1) is 15.6. The molecule has 1 aromatic carbocycles. The van der Waals surface area contributed by atoms with E-state index in [1.54, 1.807) is 0 Å². The molecule has 1 atom stereocenters. The van der Waals surface area contributed by atoms with E-state index in [1.807, 2.05) is 0 Å². The van der Waals surface area contributed by atoms with Gasteiger partial charge in [0.05, 0.1) is 0 Å². The lowest BCUT2D eigenvalue weighted by molar-refractivity contribution is 0.228. The van der Waals surface area contributed by atoms with E-state index in [0.29, 0.717) is 6.04 Å². The summed E-state index contributed by atoms with van der Waals surface area (Å²) in [4.78, 5) is 0. The lowest BCUT2D eigenvalue weighted by Crippen LogP contribution is -2.36. The minimum absolute atomic E-state index is 0.253. The van der Waals surface area contributed by atoms with Gasteiger partial charge in [0, 0.05) is 6.04 Å². The molecule has 1 heteroatoms. The summed E-state index contributed by atoms with van der Waals surface area (Å²) in [5, 5.41) is 3.86. The fourth-order valence-corrected chi connectivity index (χ4v) is 3.39. The van der Waals surface area contributed by atoms with Gasteiger partial charge in [0.15, 0.2) is 0 Å². The van der Waals surface area contributed by atoms with Crippen LogP contribution in [0.15, 0.2) is 30.3 Å². The van der Waals surface area contributed by atoms with Crippen LogP contribution in [0.5, 0.6) is 0 Å². The van der Waals surface area contributed by atoms with E-state index < -0.39 is 0 Å². The van der Waals surface area contributed by atoms with Gasteiger partial charge >= 0.3 is 0 Å². The van der Waals surface area contributed by atoms with Gasteiger partial charge in [-0.25, -0.2) is 0 Å². The third-order valence-corrected chi connectivity index (χ3v) is 4.75. The van der Waals surface area contributed by atoms with Crippen molar-refractivity contribution in [2.24, 2.45) is 17.3 Å². The van der Waals surface area contributed by atoms with Gasteiger partial charge in [-0.05, 0) is 42.2 Å². The maximum absolute atomic E-state index is 3.86. The van der Waals surface area contributed by atoms with E-state index >= 15 is 0 Å². The zero-order valence-corrected chi connectivity index (χ0v) is 13.7. The highest BCUT2D eigenvalue weighted by Crippen LogP contribution is 2.34. The van der Waals surface area contributed by atoms with Gasteiger partial charge in [-0.15, -0.1) is 0 Å². The normalized spacial score (nSPS) is 25.4. The van der Waals surface area contributed by atoms with E-state index in [0.717, 1.165) is 11.8 Å². The second-order valence-electron chi connectivity index (χ2n) is 7.74. The van der Waals surface area contributed by atoms with Gasteiger partial charge < -0.3 is 5.32 Å². The first-order valence-electron chi connectivity index (χ1n) is 8.25. The molecule has 1 aliphatic rings. The number of hydrogen-bond acceptors (Lipinski definition) is 1. The summed E-state index contributed by atoms with van der Waals surface area (Å²) < 4.78 is 0. The molecular weight excluding hydrogens is 242 g/mol. The van der Waals surface area contributed by atoms with Crippen molar-refractivity contribution in [1.29, 1.82) is 0 Å². The maximum atomic E-state index is 3.86. The van der Waals surface area contributed by atoms with Gasteiger partial charge in [-0.2, -0.15) is 0 Å². The molecule has 0 spiro atoms. The Bertz CT molecular complexity index is 382. The van der Waals surface area contributed by atoms with E-state index in [9.17, 15) is 0 Å². The zero-order chi connectivity index (χ0) is 14.6. The Labute approximate surface area is 125 Å². The summed E-state index contributed by atoms with van der Waals surface area (Å²) in [5.74, 6) is 1.82. The number of benzene rings is 1. The molecule has 20 heavy (non-hydrogen) atoms. The second-order valence-corrected chi connectivity index (χ2v) is 7.74. The monoisotopic (exact) mass is 273 g/mol. The minimum atomic E-state index is 0.253. The molecule has 0 heterocycles. The average Bonchev–Trinajstić information content (AvgIpc) is 2.41. The molecule has 1 unspecified atom stereocenters. The Hall–Kier alpha value is -0.820. The predicted octanol–water partition coefficient (Wildman–Crippen LogP) is 5.19. The highest BCUT2D eigenvalue weighted by Gasteiger charge is 2.27. The predicted molar refractivity (Wildman–Crippen MR) is 87.8 cm³/mol. The molecule has 1 nitrogen and oxygen atoms in total. The van der Waals surface area contributed by atoms with Crippen molar-refractivity contribution in [2.75, 3.05) is 6.54 Å². The molecule has 1 fully saturated rings. The smallest absolute Gasteiger partial charge is 0.0369 e. The topological polar surface area (TPSA) is 12.0 Å². The van der Waals surface area contributed by atoms with Crippen LogP contribution < -0.4 is 5.32 Å². The number of nitrogens with one attached hydrogen (secondary N) is 1. The molecule has 112 valence electrons. The lowest BCUT2D eigenvalue weighted by atomic mass is 9.80. The molecule has 0 amide bonds. The first-order valence-corrected chi connectivity index (χ1v) is 8.25. The van der Waals surface area contributed by atoms with Crippen LogP contribution in [0.2, 0.25) is 0 Å². The first-order chi connectivity index (χ1) is 9.47. The van der Waals surface area contributed by atoms with Crippen LogP contribution in [-0.4, -0.2) is 6.54 Å². The Balaban J connectivity index is 1.96. The van der Waals surface area contributed by atoms with Crippen molar-refractivity contribution in [1.82, 2.24) is 5.32 Å². The summed E-state index contributed by atoms with van der Waals surface area (Å²) in [7, 11) is 0. The summed E-state index contributed by atoms with van der Waals surface area (Å²) in [5.41, 5.74) is 1.67. The van der Waals surface area contributed by atoms with E-state index in [1.165, 1.54) is 37.8 Å². The van der Waals surface area contributed by atoms with E-state index in [-0.39, 0.29) is 5.41 Å². The van der Waals surface area contributed by atoms with Crippen molar-refractivity contribution in [2.45, 2.75) is 59.4 Å². The summed E-state index contributed by atoms with van der Waals surface area (Å²) in [6.07, 6.45) is 5.63. The van der Waals surface area contributed by atoms with Crippen LogP contribution in [0.3, 0.4) is 0 Å². The van der Waals surface area contributed by atoms with Crippen LogP contribution in [0.1, 0.15) is 65.0 Å². The fourth-order valence-electron chi connectivity index (χ4n) is 3.39. The molecule has 1 saturated carbocycles. The molecular formula is C19H31N. The van der Waals surface area contributed by atoms with Crippen LogP contribution in [0, 0.1) is 17.3 Å². The van der Waals surface area contributed by atoms with Crippen LogP contribution >= 0.6 is 0 Å². The van der Waals surface area contributed by atoms with Gasteiger partial charge in [0.25, 0.3) is 0 Å². The average molecular weight is 273 g/mol. The quantitative estimate of drug-likeness (QED) is 0.796. The summed E-state index contributed by atoms with van der Waals surface area (Å²) >= 11 is 0. The van der Waals surface area contributed by atoms with Crippen molar-refractivity contribution in [3.63, 3.8) is 0 Å². The lowest BCUT2D eigenvalue weighted by Gasteiger charge is -2.35. The summed E-state index contributed by atoms with van der Waals surface area (Å²) in [6, 6.07) is 11.4. The Morgan fingerprint density at radius 2 is 1.65 bits per heavy atom. The molecule has 2 rings (SSSR count). The largest absolute Gasteiger partial charge is 0.309 e. The Morgan fingerprint density at radius 3 is 2.20 bits per heavy atom. The van der Waals surface area contributed by atoms with Gasteiger partial charge in [0.1, 0.15) is 0 Å². The second kappa shape index (κ2) is 6.76. The van der Waals surface area contributed by atoms with Crippen LogP contribution in [-0.2, 0) is 0 Å². The van der Waals surface area contributed by atoms with E-state index in [2.05, 4.69) is 63.3 Å². The number of hydrogen-bond donors (Lipinski definition) is 1. The van der Waals surface area contributed by atoms with Crippen molar-refractivity contribution >= 4 is 0 Å². The van der Waals surface area contributed by atoms with E-state index in [4.69, 9.17) is 0 Å². The van der Waals surface area contributed by atoms with Gasteiger partial charge in [-0.3, -0.25) is 0 Å². The standard InChI is InChI=1S/C19H31N/c1-15-10-12-16(13-11-15)14-20-18(19(2,3)4)17-8-6-5-7-9-17/h5-9,15-16,18,20H,10-14H2,1-4H3. The Kier molecular flexibility index (Phi) is 5.26. The Morgan fingerprint density at radius 1 is 1.05 bits per heavy atom. The van der Waals surface area contributed by atoms with Crippen LogP contribution in [0.25, 0.3) is 0 Å². The van der Waals surface area contributed by atoms with Crippen molar-refractivity contribution < 1.29 is 0 Å². The number of rotatable bonds is 4. The third kappa shape index (κ3) is 4.34. The maximum Gasteiger partial charge on any atom is 0.0369 e. The third-order valence-electron chi connectivity index (χ3n) is 4.75. The van der Waals surface area contributed by atoms with Gasteiger partial charge in [-0.1, -0.05) is 70.9 Å². The zero-order valence-electron chi connectivity index (χ0n) is 13.7. The highest BCUT2D eigenvalue weighted by atomic mass is 14.9. The molecule has 0 aliphatic heterocycles. The minimum Gasteiger partial charge on any atom is -0.309 e.